The van der Waals surface area contributed by atoms with Crippen LogP contribution in [0.2, 0.25) is 6.82 Å². The maximum Gasteiger partial charge on any atom is 0.409 e. The smallest absolute Gasteiger partial charge is 0.409 e. The van der Waals surface area contributed by atoms with E-state index in [1.807, 2.05) is 0 Å². The van der Waals surface area contributed by atoms with Gasteiger partial charge in [0.1, 0.15) is 5.82 Å². The quantitative estimate of drug-likeness (QED) is 0.528. The highest BCUT2D eigenvalue weighted by molar-refractivity contribution is 6.53. The third-order valence-corrected chi connectivity index (χ3v) is 1.93. The first-order valence-corrected chi connectivity index (χ1v) is 3.98. The Labute approximate surface area is 77.1 Å². The van der Waals surface area contributed by atoms with Gasteiger partial charge in [-0.15, -0.1) is 0 Å². The summed E-state index contributed by atoms with van der Waals surface area (Å²) in [5.74, 6) is -0.364. The Morgan fingerprint density at radius 2 is 2.15 bits per heavy atom. The molecule has 0 radical (unpaired) electrons. The molecular weight excluding hydrogens is 170 g/mol. The molecule has 0 aliphatic rings. The zero-order valence-corrected chi connectivity index (χ0v) is 7.66. The van der Waals surface area contributed by atoms with Crippen molar-refractivity contribution < 1.29 is 9.41 Å². The van der Waals surface area contributed by atoms with Crippen LogP contribution in [-0.2, 0) is 0 Å². The highest BCUT2D eigenvalue weighted by atomic mass is 19.1. The summed E-state index contributed by atoms with van der Waals surface area (Å²) in [7, 11) is 0.958. The molecule has 1 aromatic carbocycles. The Balaban J connectivity index is 3.05. The average molecular weight is 182 g/mol. The van der Waals surface area contributed by atoms with E-state index < -0.39 is 7.05 Å². The van der Waals surface area contributed by atoms with Gasteiger partial charge >= 0.3 is 7.05 Å². The summed E-state index contributed by atoms with van der Waals surface area (Å²) in [4.78, 5) is 1.50. The largest absolute Gasteiger partial charge is 0.432 e. The van der Waals surface area contributed by atoms with Gasteiger partial charge in [-0.1, -0.05) is 0 Å². The van der Waals surface area contributed by atoms with Crippen LogP contribution in [0, 0.1) is 5.82 Å². The van der Waals surface area contributed by atoms with Gasteiger partial charge in [0, 0.05) is 0 Å². The zero-order chi connectivity index (χ0) is 10.0. The first-order chi connectivity index (χ1) is 6.02. The summed E-state index contributed by atoms with van der Waals surface area (Å²) in [6.45, 7) is 1.59. The van der Waals surface area contributed by atoms with Crippen LogP contribution in [0.1, 0.15) is 0 Å². The highest BCUT2D eigenvalue weighted by Gasteiger charge is 2.14. The van der Waals surface area contributed by atoms with Crippen LogP contribution in [0.3, 0.4) is 0 Å². The number of hydrogen-bond acceptors (Lipinski definition) is 3. The normalized spacial score (nSPS) is 9.85. The van der Waals surface area contributed by atoms with Crippen molar-refractivity contribution in [2.24, 2.45) is 0 Å². The van der Waals surface area contributed by atoms with E-state index in [4.69, 9.17) is 5.73 Å². The van der Waals surface area contributed by atoms with Gasteiger partial charge in [-0.05, 0) is 32.1 Å². The topological polar surface area (TPSA) is 49.5 Å². The maximum absolute atomic E-state index is 12.8. The zero-order valence-electron chi connectivity index (χ0n) is 7.66. The molecular formula is C8H12BFN2O. The molecule has 1 rings (SSSR count). The summed E-state index contributed by atoms with van der Waals surface area (Å²) >= 11 is 0. The Hall–Kier alpha value is -1.23. The van der Waals surface area contributed by atoms with Crippen LogP contribution < -0.4 is 10.5 Å². The Morgan fingerprint density at radius 3 is 2.69 bits per heavy atom. The monoisotopic (exact) mass is 182 g/mol. The summed E-state index contributed by atoms with van der Waals surface area (Å²) in [6, 6.07) is 4.06. The number of nitrogens with zero attached hydrogens (tertiary/aromatic N) is 1. The van der Waals surface area contributed by atoms with Crippen molar-refractivity contribution in [1.29, 1.82) is 0 Å². The molecule has 0 amide bonds. The fourth-order valence-corrected chi connectivity index (χ4v) is 1.02. The van der Waals surface area contributed by atoms with Crippen molar-refractivity contribution in [3.63, 3.8) is 0 Å². The number of nitrogen functional groups attached to an aromatic ring is 1. The third kappa shape index (κ3) is 2.12. The molecule has 3 nitrogen and oxygen atoms in total. The first-order valence-electron chi connectivity index (χ1n) is 3.98. The molecule has 0 aliphatic carbocycles. The second-order valence-electron chi connectivity index (χ2n) is 2.95. The van der Waals surface area contributed by atoms with E-state index in [-0.39, 0.29) is 5.82 Å². The third-order valence-electron chi connectivity index (χ3n) is 1.93. The molecule has 0 spiro atoms. The van der Waals surface area contributed by atoms with Crippen molar-refractivity contribution in [1.82, 2.24) is 0 Å². The lowest BCUT2D eigenvalue weighted by molar-refractivity contribution is 0.575. The van der Waals surface area contributed by atoms with Crippen LogP contribution >= 0.6 is 0 Å². The molecule has 0 aromatic heterocycles. The van der Waals surface area contributed by atoms with E-state index in [1.165, 1.54) is 23.0 Å². The summed E-state index contributed by atoms with van der Waals surface area (Å²) < 4.78 is 12.8. The van der Waals surface area contributed by atoms with Crippen molar-refractivity contribution in [3.8, 4) is 0 Å². The van der Waals surface area contributed by atoms with Gasteiger partial charge in [0.15, 0.2) is 0 Å². The molecule has 13 heavy (non-hydrogen) atoms. The fraction of sp³-hybridized carbons (Fsp3) is 0.250. The molecule has 0 unspecified atom stereocenters. The lowest BCUT2D eigenvalue weighted by Crippen LogP contribution is -2.33. The summed E-state index contributed by atoms with van der Waals surface area (Å²) in [5.41, 5.74) is 6.55. The molecule has 0 bridgehead atoms. The minimum absolute atomic E-state index is 0.364. The van der Waals surface area contributed by atoms with Crippen LogP contribution in [0.15, 0.2) is 18.2 Å². The first kappa shape index (κ1) is 9.86. The van der Waals surface area contributed by atoms with Crippen LogP contribution in [-0.4, -0.2) is 19.1 Å². The lowest BCUT2D eigenvalue weighted by atomic mass is 9.85. The molecule has 0 atom stereocenters. The second-order valence-corrected chi connectivity index (χ2v) is 2.95. The standard InChI is InChI=1S/C8H12BFN2O/c1-9(13)12(2)8-5-6(10)3-4-7(8)11/h3-5,13H,11H2,1-2H3. The lowest BCUT2D eigenvalue weighted by Gasteiger charge is -2.21. The molecule has 3 N–H and O–H groups in total. The number of hydrogen-bond donors (Lipinski definition) is 2. The minimum Gasteiger partial charge on any atom is -0.432 e. The van der Waals surface area contributed by atoms with Gasteiger partial charge in [0.2, 0.25) is 0 Å². The predicted molar refractivity (Wildman–Crippen MR) is 53.1 cm³/mol. The van der Waals surface area contributed by atoms with Crippen LogP contribution in [0.25, 0.3) is 0 Å². The SMILES string of the molecule is CB(O)N(C)c1cc(F)ccc1N. The van der Waals surface area contributed by atoms with Gasteiger partial charge in [0.25, 0.3) is 0 Å². The fourth-order valence-electron chi connectivity index (χ4n) is 1.02. The van der Waals surface area contributed by atoms with Gasteiger partial charge in [-0.3, -0.25) is 0 Å². The summed E-state index contributed by atoms with van der Waals surface area (Å²) in [5, 5.41) is 9.24. The molecule has 0 heterocycles. The van der Waals surface area contributed by atoms with Gasteiger partial charge in [-0.2, -0.15) is 0 Å². The minimum atomic E-state index is -0.691. The molecule has 1 aromatic rings. The van der Waals surface area contributed by atoms with E-state index in [0.717, 1.165) is 0 Å². The highest BCUT2D eigenvalue weighted by Crippen LogP contribution is 2.23. The van der Waals surface area contributed by atoms with Crippen molar-refractivity contribution in [3.05, 3.63) is 24.0 Å². The second kappa shape index (κ2) is 3.66. The van der Waals surface area contributed by atoms with E-state index >= 15 is 0 Å². The summed E-state index contributed by atoms with van der Waals surface area (Å²) in [6.07, 6.45) is 0. The molecule has 5 heteroatoms. The Bertz CT molecular complexity index is 306. The number of benzene rings is 1. The maximum atomic E-state index is 12.8. The van der Waals surface area contributed by atoms with Gasteiger partial charge in [0.05, 0.1) is 11.4 Å². The van der Waals surface area contributed by atoms with E-state index in [0.29, 0.717) is 11.4 Å². The number of anilines is 2. The molecule has 0 saturated heterocycles. The average Bonchev–Trinajstić information content (AvgIpc) is 2.08. The van der Waals surface area contributed by atoms with E-state index in [2.05, 4.69) is 0 Å². The van der Waals surface area contributed by atoms with Crippen molar-refractivity contribution >= 4 is 18.4 Å². The van der Waals surface area contributed by atoms with Crippen LogP contribution in [0.4, 0.5) is 15.8 Å². The number of nitrogens with two attached hydrogens (primary N) is 1. The van der Waals surface area contributed by atoms with Gasteiger partial charge in [-0.25, -0.2) is 4.39 Å². The van der Waals surface area contributed by atoms with E-state index in [9.17, 15) is 9.41 Å². The molecule has 0 saturated carbocycles. The van der Waals surface area contributed by atoms with Crippen molar-refractivity contribution in [2.45, 2.75) is 6.82 Å². The van der Waals surface area contributed by atoms with E-state index in [1.54, 1.807) is 13.9 Å². The van der Waals surface area contributed by atoms with Gasteiger partial charge < -0.3 is 15.6 Å². The van der Waals surface area contributed by atoms with Crippen LogP contribution in [0.5, 0.6) is 0 Å². The Morgan fingerprint density at radius 1 is 1.54 bits per heavy atom. The molecule has 0 fully saturated rings. The molecule has 0 aliphatic heterocycles. The number of halogens is 1. The molecule has 70 valence electrons. The van der Waals surface area contributed by atoms with Crippen molar-refractivity contribution in [2.75, 3.05) is 17.6 Å². The predicted octanol–water partition coefficient (Wildman–Crippen LogP) is 0.954. The number of rotatable bonds is 2. The Kier molecular flexibility index (Phi) is 2.77.